The van der Waals surface area contributed by atoms with Gasteiger partial charge >= 0.3 is 0 Å². The van der Waals surface area contributed by atoms with E-state index < -0.39 is 0 Å². The van der Waals surface area contributed by atoms with E-state index in [1.807, 2.05) is 73.0 Å². The van der Waals surface area contributed by atoms with E-state index in [2.05, 4.69) is 5.32 Å². The number of carbonyl (C=O) groups is 2. The van der Waals surface area contributed by atoms with Crippen molar-refractivity contribution in [3.8, 4) is 0 Å². The second-order valence-corrected chi connectivity index (χ2v) is 6.34. The molecule has 6 heteroatoms. The number of amides is 2. The number of aromatic nitrogens is 1. The van der Waals surface area contributed by atoms with Crippen molar-refractivity contribution >= 4 is 17.5 Å². The number of hydrogen-bond acceptors (Lipinski definition) is 2. The fourth-order valence-electron chi connectivity index (χ4n) is 3.03. The number of aryl methyl sites for hydroxylation is 3. The molecule has 27 heavy (non-hydrogen) atoms. The third-order valence-electron chi connectivity index (χ3n) is 4.52. The van der Waals surface area contributed by atoms with Crippen LogP contribution in [0.4, 0.5) is 5.69 Å². The van der Waals surface area contributed by atoms with Gasteiger partial charge in [-0.25, -0.2) is 4.57 Å². The van der Waals surface area contributed by atoms with Crippen LogP contribution in [0, 0.1) is 0 Å². The Morgan fingerprint density at radius 2 is 1.70 bits per heavy atom. The number of nitrogens with zero attached hydrogens (tertiary/aromatic N) is 2. The first-order chi connectivity index (χ1) is 12.5. The highest BCUT2D eigenvalue weighted by Gasteiger charge is 2.17. The molecule has 0 atom stereocenters. The SMILES string of the molecule is CCN(CC)C(=O)c1ccc(CCc2ccccc2NC(C)=O)[n+](C)c1.[Cl-]. The number of halogens is 1. The van der Waals surface area contributed by atoms with Gasteiger partial charge in [0.2, 0.25) is 5.91 Å². The quantitative estimate of drug-likeness (QED) is 0.663. The highest BCUT2D eigenvalue weighted by Crippen LogP contribution is 2.17. The van der Waals surface area contributed by atoms with Crippen molar-refractivity contribution < 1.29 is 26.6 Å². The molecule has 0 aliphatic rings. The molecular weight excluding hydrogens is 362 g/mol. The van der Waals surface area contributed by atoms with Crippen LogP contribution >= 0.6 is 0 Å². The first-order valence-corrected chi connectivity index (χ1v) is 9.09. The number of carbonyl (C=O) groups excluding carboxylic acids is 2. The average Bonchev–Trinajstić information content (AvgIpc) is 2.62. The molecule has 1 heterocycles. The predicted molar refractivity (Wildman–Crippen MR) is 103 cm³/mol. The van der Waals surface area contributed by atoms with Crippen LogP contribution in [-0.4, -0.2) is 29.8 Å². The smallest absolute Gasteiger partial charge is 0.259 e. The van der Waals surface area contributed by atoms with Crippen molar-refractivity contribution in [2.75, 3.05) is 18.4 Å². The highest BCUT2D eigenvalue weighted by atomic mass is 35.5. The minimum atomic E-state index is -0.0673. The van der Waals surface area contributed by atoms with Gasteiger partial charge in [-0.1, -0.05) is 18.2 Å². The fraction of sp³-hybridized carbons (Fsp3) is 0.381. The van der Waals surface area contributed by atoms with Crippen LogP contribution in [-0.2, 0) is 24.7 Å². The maximum absolute atomic E-state index is 12.5. The third-order valence-corrected chi connectivity index (χ3v) is 4.52. The van der Waals surface area contributed by atoms with E-state index in [1.165, 1.54) is 6.92 Å². The molecule has 5 nitrogen and oxygen atoms in total. The third kappa shape index (κ3) is 6.07. The van der Waals surface area contributed by atoms with Gasteiger partial charge in [0.25, 0.3) is 5.91 Å². The molecule has 0 radical (unpaired) electrons. The molecule has 0 saturated carbocycles. The van der Waals surface area contributed by atoms with Gasteiger partial charge in [-0.3, -0.25) is 9.59 Å². The number of anilines is 1. The van der Waals surface area contributed by atoms with Crippen LogP contribution in [0.2, 0.25) is 0 Å². The summed E-state index contributed by atoms with van der Waals surface area (Å²) >= 11 is 0. The van der Waals surface area contributed by atoms with Gasteiger partial charge in [-0.05, 0) is 38.0 Å². The lowest BCUT2D eigenvalue weighted by Crippen LogP contribution is -3.00. The Kier molecular flexibility index (Phi) is 8.95. The van der Waals surface area contributed by atoms with E-state index in [-0.39, 0.29) is 24.2 Å². The summed E-state index contributed by atoms with van der Waals surface area (Å²) in [5.41, 5.74) is 3.80. The monoisotopic (exact) mass is 389 g/mol. The first-order valence-electron chi connectivity index (χ1n) is 9.09. The molecule has 2 rings (SSSR count). The second-order valence-electron chi connectivity index (χ2n) is 6.34. The lowest BCUT2D eigenvalue weighted by molar-refractivity contribution is -0.679. The van der Waals surface area contributed by atoms with Crippen LogP contribution in [0.25, 0.3) is 0 Å². The van der Waals surface area contributed by atoms with Crippen molar-refractivity contribution in [1.82, 2.24) is 4.90 Å². The number of pyridine rings is 1. The van der Waals surface area contributed by atoms with Crippen molar-refractivity contribution in [2.45, 2.75) is 33.6 Å². The lowest BCUT2D eigenvalue weighted by atomic mass is 10.0. The summed E-state index contributed by atoms with van der Waals surface area (Å²) < 4.78 is 2.01. The van der Waals surface area contributed by atoms with Crippen molar-refractivity contribution in [3.05, 3.63) is 59.4 Å². The molecule has 2 amide bonds. The number of benzene rings is 1. The second kappa shape index (κ2) is 10.7. The van der Waals surface area contributed by atoms with E-state index in [9.17, 15) is 9.59 Å². The van der Waals surface area contributed by atoms with E-state index >= 15 is 0 Å². The van der Waals surface area contributed by atoms with Crippen LogP contribution in [0.1, 0.15) is 42.4 Å². The molecule has 0 fully saturated rings. The summed E-state index contributed by atoms with van der Waals surface area (Å²) in [5, 5.41) is 2.88. The van der Waals surface area contributed by atoms with Gasteiger partial charge in [0.15, 0.2) is 11.9 Å². The minimum Gasteiger partial charge on any atom is -1.00 e. The minimum absolute atomic E-state index is 0. The fourth-order valence-corrected chi connectivity index (χ4v) is 3.03. The topological polar surface area (TPSA) is 53.3 Å². The van der Waals surface area contributed by atoms with E-state index in [0.717, 1.165) is 29.8 Å². The zero-order valence-electron chi connectivity index (χ0n) is 16.5. The molecule has 0 bridgehead atoms. The van der Waals surface area contributed by atoms with Crippen LogP contribution in [0.5, 0.6) is 0 Å². The molecule has 0 aliphatic heterocycles. The van der Waals surface area contributed by atoms with Gasteiger partial charge in [0.05, 0.1) is 0 Å². The summed E-state index contributed by atoms with van der Waals surface area (Å²) in [6.07, 6.45) is 3.54. The maximum Gasteiger partial charge on any atom is 0.259 e. The van der Waals surface area contributed by atoms with E-state index in [4.69, 9.17) is 0 Å². The molecular formula is C21H28ClN3O2. The predicted octanol–water partition coefficient (Wildman–Crippen LogP) is -0.259. The molecule has 0 spiro atoms. The largest absolute Gasteiger partial charge is 1.00 e. The summed E-state index contributed by atoms with van der Waals surface area (Å²) in [7, 11) is 1.97. The summed E-state index contributed by atoms with van der Waals surface area (Å²) in [6, 6.07) is 11.8. The van der Waals surface area contributed by atoms with Gasteiger partial charge < -0.3 is 22.6 Å². The summed E-state index contributed by atoms with van der Waals surface area (Å²) in [5.74, 6) is -0.00423. The number of hydrogen-bond donors (Lipinski definition) is 1. The van der Waals surface area contributed by atoms with Crippen LogP contribution < -0.4 is 22.3 Å². The van der Waals surface area contributed by atoms with Gasteiger partial charge in [0.1, 0.15) is 12.6 Å². The molecule has 0 aliphatic carbocycles. The Hall–Kier alpha value is -2.40. The van der Waals surface area contributed by atoms with E-state index in [0.29, 0.717) is 18.7 Å². The Morgan fingerprint density at radius 3 is 2.30 bits per heavy atom. The Balaban J connectivity index is 0.00000364. The maximum atomic E-state index is 12.5. The van der Waals surface area contributed by atoms with E-state index in [1.54, 1.807) is 0 Å². The molecule has 0 saturated heterocycles. The molecule has 0 unspecified atom stereocenters. The Morgan fingerprint density at radius 1 is 1.04 bits per heavy atom. The number of rotatable bonds is 7. The number of nitrogens with one attached hydrogen (secondary N) is 1. The Labute approximate surface area is 167 Å². The van der Waals surface area contributed by atoms with Crippen LogP contribution in [0.15, 0.2) is 42.6 Å². The Bertz CT molecular complexity index is 789. The highest BCUT2D eigenvalue weighted by molar-refractivity contribution is 5.93. The van der Waals surface area contributed by atoms with Gasteiger partial charge in [-0.2, -0.15) is 0 Å². The molecule has 1 N–H and O–H groups in total. The zero-order chi connectivity index (χ0) is 19.1. The summed E-state index contributed by atoms with van der Waals surface area (Å²) in [6.45, 7) is 6.91. The molecule has 2 aromatic rings. The van der Waals surface area contributed by atoms with Crippen molar-refractivity contribution in [1.29, 1.82) is 0 Å². The average molecular weight is 390 g/mol. The lowest BCUT2D eigenvalue weighted by Gasteiger charge is -2.17. The molecule has 1 aromatic heterocycles. The van der Waals surface area contributed by atoms with Crippen LogP contribution in [0.3, 0.4) is 0 Å². The standard InChI is InChI=1S/C21H27N3O2.ClH/c1-5-24(6-2)21(26)18-12-14-19(23(4)15-18)13-11-17-9-7-8-10-20(17)22-16(3)25;/h7-10,12,14-15H,5-6,11,13H2,1-4H3;1H. The first kappa shape index (κ1) is 22.6. The normalized spacial score (nSPS) is 10.1. The van der Waals surface area contributed by atoms with Gasteiger partial charge in [0, 0.05) is 38.2 Å². The van der Waals surface area contributed by atoms with Crippen molar-refractivity contribution in [3.63, 3.8) is 0 Å². The number of para-hydroxylation sites is 1. The summed E-state index contributed by atoms with van der Waals surface area (Å²) in [4.78, 5) is 25.6. The molecule has 146 valence electrons. The molecule has 1 aromatic carbocycles. The van der Waals surface area contributed by atoms with Crippen molar-refractivity contribution in [2.24, 2.45) is 7.05 Å². The zero-order valence-corrected chi connectivity index (χ0v) is 17.2. The van der Waals surface area contributed by atoms with Gasteiger partial charge in [-0.15, -0.1) is 0 Å².